The Kier molecular flexibility index (Phi) is 2.75. The second-order valence-electron chi connectivity index (χ2n) is 4.63. The van der Waals surface area contributed by atoms with Gasteiger partial charge in [-0.25, -0.2) is 9.18 Å². The molecule has 0 atom stereocenters. The van der Waals surface area contributed by atoms with Crippen molar-refractivity contribution in [2.45, 2.75) is 6.92 Å². The lowest BCUT2D eigenvalue weighted by Crippen LogP contribution is -2.04. The maximum atomic E-state index is 13.3. The molecule has 0 fully saturated rings. The summed E-state index contributed by atoms with van der Waals surface area (Å²) in [6.45, 7) is 1.75. The van der Waals surface area contributed by atoms with Gasteiger partial charge in [0.1, 0.15) is 5.82 Å². The Hall–Kier alpha value is -2.69. The third-order valence-electron chi connectivity index (χ3n) is 3.22. The molecule has 3 rings (SSSR count). The summed E-state index contributed by atoms with van der Waals surface area (Å²) in [5, 5.41) is 0. The van der Waals surface area contributed by atoms with E-state index in [1.165, 1.54) is 12.1 Å². The number of H-pyrrole nitrogens is 2. The standard InChI is InChI=1S/C15H11FN2O2/c1-8-2-4-10(16)7-11(8)14(19)9-3-5-12-13(6-9)18-15(20)17-12/h2-7H,1H3,(H2,17,18,20). The van der Waals surface area contributed by atoms with Crippen molar-refractivity contribution in [3.8, 4) is 0 Å². The zero-order valence-corrected chi connectivity index (χ0v) is 10.7. The van der Waals surface area contributed by atoms with Gasteiger partial charge in [0.2, 0.25) is 0 Å². The Morgan fingerprint density at radius 2 is 1.80 bits per heavy atom. The molecule has 0 aliphatic carbocycles. The molecular weight excluding hydrogens is 259 g/mol. The number of halogens is 1. The van der Waals surface area contributed by atoms with E-state index in [0.29, 0.717) is 27.7 Å². The third-order valence-corrected chi connectivity index (χ3v) is 3.22. The lowest BCUT2D eigenvalue weighted by atomic mass is 9.99. The Labute approximate surface area is 113 Å². The Morgan fingerprint density at radius 1 is 1.05 bits per heavy atom. The number of fused-ring (bicyclic) bond motifs is 1. The molecule has 2 aromatic carbocycles. The van der Waals surface area contributed by atoms with E-state index in [1.54, 1.807) is 31.2 Å². The van der Waals surface area contributed by atoms with Crippen LogP contribution in [0, 0.1) is 12.7 Å². The fourth-order valence-electron chi connectivity index (χ4n) is 2.17. The Morgan fingerprint density at radius 3 is 2.60 bits per heavy atom. The number of hydrogen-bond donors (Lipinski definition) is 2. The molecule has 0 saturated carbocycles. The number of nitrogens with one attached hydrogen (secondary N) is 2. The number of rotatable bonds is 2. The summed E-state index contributed by atoms with van der Waals surface area (Å²) in [5.41, 5.74) is 2.28. The van der Waals surface area contributed by atoms with Crippen molar-refractivity contribution >= 4 is 16.8 Å². The minimum Gasteiger partial charge on any atom is -0.306 e. The molecule has 5 heteroatoms. The van der Waals surface area contributed by atoms with Crippen LogP contribution in [-0.2, 0) is 0 Å². The van der Waals surface area contributed by atoms with Gasteiger partial charge in [0.05, 0.1) is 11.0 Å². The first kappa shape index (κ1) is 12.3. The van der Waals surface area contributed by atoms with E-state index in [0.717, 1.165) is 0 Å². The first-order valence-corrected chi connectivity index (χ1v) is 6.07. The molecule has 0 amide bonds. The Balaban J connectivity index is 2.12. The number of benzene rings is 2. The molecule has 3 aromatic rings. The average molecular weight is 270 g/mol. The fourth-order valence-corrected chi connectivity index (χ4v) is 2.17. The van der Waals surface area contributed by atoms with Crippen LogP contribution >= 0.6 is 0 Å². The predicted molar refractivity (Wildman–Crippen MR) is 73.5 cm³/mol. The van der Waals surface area contributed by atoms with Crippen molar-refractivity contribution in [1.82, 2.24) is 9.97 Å². The molecule has 4 nitrogen and oxygen atoms in total. The molecular formula is C15H11FN2O2. The minimum atomic E-state index is -0.449. The van der Waals surface area contributed by atoms with Gasteiger partial charge in [-0.15, -0.1) is 0 Å². The molecule has 0 unspecified atom stereocenters. The van der Waals surface area contributed by atoms with Gasteiger partial charge < -0.3 is 9.97 Å². The molecule has 1 aromatic heterocycles. The van der Waals surface area contributed by atoms with Gasteiger partial charge in [-0.05, 0) is 42.8 Å². The highest BCUT2D eigenvalue weighted by Gasteiger charge is 2.13. The van der Waals surface area contributed by atoms with Gasteiger partial charge in [-0.2, -0.15) is 0 Å². The third kappa shape index (κ3) is 2.03. The van der Waals surface area contributed by atoms with Crippen molar-refractivity contribution in [3.63, 3.8) is 0 Å². The van der Waals surface area contributed by atoms with Gasteiger partial charge in [0, 0.05) is 11.1 Å². The quantitative estimate of drug-likeness (QED) is 0.703. The van der Waals surface area contributed by atoms with Crippen LogP contribution in [0.15, 0.2) is 41.2 Å². The van der Waals surface area contributed by atoms with Crippen LogP contribution in [0.1, 0.15) is 21.5 Å². The van der Waals surface area contributed by atoms with Crippen LogP contribution in [0.3, 0.4) is 0 Å². The molecule has 0 bridgehead atoms. The summed E-state index contributed by atoms with van der Waals surface area (Å²) in [5.74, 6) is -0.721. The maximum absolute atomic E-state index is 13.3. The Bertz CT molecular complexity index is 877. The minimum absolute atomic E-state index is 0.272. The van der Waals surface area contributed by atoms with E-state index in [2.05, 4.69) is 9.97 Å². The largest absolute Gasteiger partial charge is 0.323 e. The van der Waals surface area contributed by atoms with Crippen LogP contribution in [0.25, 0.3) is 11.0 Å². The zero-order valence-electron chi connectivity index (χ0n) is 10.7. The van der Waals surface area contributed by atoms with E-state index in [9.17, 15) is 14.0 Å². The van der Waals surface area contributed by atoms with Crippen molar-refractivity contribution in [1.29, 1.82) is 0 Å². The predicted octanol–water partition coefficient (Wildman–Crippen LogP) is 2.53. The highest BCUT2D eigenvalue weighted by Crippen LogP contribution is 2.18. The fraction of sp³-hybridized carbons (Fsp3) is 0.0667. The molecule has 0 saturated heterocycles. The number of carbonyl (C=O) groups is 1. The normalized spacial score (nSPS) is 10.9. The van der Waals surface area contributed by atoms with Crippen LogP contribution in [0.4, 0.5) is 4.39 Å². The van der Waals surface area contributed by atoms with Crippen LogP contribution in [-0.4, -0.2) is 15.8 Å². The second-order valence-corrected chi connectivity index (χ2v) is 4.63. The molecule has 0 spiro atoms. The first-order chi connectivity index (χ1) is 9.54. The van der Waals surface area contributed by atoms with Crippen molar-refractivity contribution < 1.29 is 9.18 Å². The number of ketones is 1. The molecule has 1 heterocycles. The van der Waals surface area contributed by atoms with Crippen LogP contribution in [0.5, 0.6) is 0 Å². The van der Waals surface area contributed by atoms with Crippen molar-refractivity contribution in [3.05, 3.63) is 69.4 Å². The van der Waals surface area contributed by atoms with Gasteiger partial charge in [-0.1, -0.05) is 6.07 Å². The number of hydrogen-bond acceptors (Lipinski definition) is 2. The first-order valence-electron chi connectivity index (χ1n) is 6.07. The number of aromatic nitrogens is 2. The smallest absolute Gasteiger partial charge is 0.306 e. The summed E-state index contributed by atoms with van der Waals surface area (Å²) in [6, 6.07) is 8.95. The second kappa shape index (κ2) is 4.45. The molecule has 0 radical (unpaired) electrons. The van der Waals surface area contributed by atoms with E-state index < -0.39 is 5.82 Å². The summed E-state index contributed by atoms with van der Waals surface area (Å²) in [7, 11) is 0. The number of carbonyl (C=O) groups excluding carboxylic acids is 1. The monoisotopic (exact) mass is 270 g/mol. The SMILES string of the molecule is Cc1ccc(F)cc1C(=O)c1ccc2[nH]c(=O)[nH]c2c1. The topological polar surface area (TPSA) is 65.7 Å². The molecule has 0 aliphatic rings. The highest BCUT2D eigenvalue weighted by atomic mass is 19.1. The van der Waals surface area contributed by atoms with Gasteiger partial charge in [0.15, 0.2) is 5.78 Å². The molecule has 20 heavy (non-hydrogen) atoms. The molecule has 0 aliphatic heterocycles. The van der Waals surface area contributed by atoms with E-state index >= 15 is 0 Å². The number of aromatic amines is 2. The van der Waals surface area contributed by atoms with Gasteiger partial charge in [-0.3, -0.25) is 4.79 Å². The summed E-state index contributed by atoms with van der Waals surface area (Å²) in [6.07, 6.45) is 0. The van der Waals surface area contributed by atoms with E-state index in [1.807, 2.05) is 0 Å². The molecule has 100 valence electrons. The maximum Gasteiger partial charge on any atom is 0.323 e. The molecule has 2 N–H and O–H groups in total. The van der Waals surface area contributed by atoms with Crippen molar-refractivity contribution in [2.75, 3.05) is 0 Å². The van der Waals surface area contributed by atoms with Crippen LogP contribution in [0.2, 0.25) is 0 Å². The van der Waals surface area contributed by atoms with E-state index in [4.69, 9.17) is 0 Å². The summed E-state index contributed by atoms with van der Waals surface area (Å²) >= 11 is 0. The summed E-state index contributed by atoms with van der Waals surface area (Å²) < 4.78 is 13.3. The van der Waals surface area contributed by atoms with Gasteiger partial charge >= 0.3 is 5.69 Å². The zero-order chi connectivity index (χ0) is 14.3. The van der Waals surface area contributed by atoms with Crippen LogP contribution < -0.4 is 5.69 Å². The van der Waals surface area contributed by atoms with E-state index in [-0.39, 0.29) is 11.5 Å². The summed E-state index contributed by atoms with van der Waals surface area (Å²) in [4.78, 5) is 28.8. The lowest BCUT2D eigenvalue weighted by molar-refractivity contribution is 0.103. The van der Waals surface area contributed by atoms with Gasteiger partial charge in [0.25, 0.3) is 0 Å². The lowest BCUT2D eigenvalue weighted by Gasteiger charge is -2.05. The van der Waals surface area contributed by atoms with Crippen molar-refractivity contribution in [2.24, 2.45) is 0 Å². The number of aryl methyl sites for hydroxylation is 1. The number of imidazole rings is 1. The highest BCUT2D eigenvalue weighted by molar-refractivity contribution is 6.11. The average Bonchev–Trinajstić information content (AvgIpc) is 2.79.